The molecule has 0 aromatic carbocycles. The van der Waals surface area contributed by atoms with Crippen molar-refractivity contribution in [2.24, 2.45) is 0 Å². The van der Waals surface area contributed by atoms with Crippen molar-refractivity contribution in [3.8, 4) is 0 Å². The first-order chi connectivity index (χ1) is 6.18. The lowest BCUT2D eigenvalue weighted by atomic mass is 9.94. The molecule has 2 nitrogen and oxygen atoms in total. The molecule has 0 N–H and O–H groups in total. The predicted octanol–water partition coefficient (Wildman–Crippen LogP) is -0.213. The van der Waals surface area contributed by atoms with E-state index in [4.69, 9.17) is 4.42 Å². The Morgan fingerprint density at radius 2 is 1.67 bits per heavy atom. The van der Waals surface area contributed by atoms with Crippen LogP contribution in [0.4, 0.5) is 0 Å². The lowest BCUT2D eigenvalue weighted by Crippen LogP contribution is -3.00. The van der Waals surface area contributed by atoms with E-state index in [0.717, 1.165) is 22.5 Å². The van der Waals surface area contributed by atoms with Crippen molar-refractivity contribution < 1.29 is 32.9 Å². The molecule has 88 valence electrons. The molecule has 0 fully saturated rings. The average Bonchev–Trinajstić information content (AvgIpc) is 2.29. The molecule has 0 atom stereocenters. The van der Waals surface area contributed by atoms with E-state index >= 15 is 0 Å². The second-order valence-electron chi connectivity index (χ2n) is 5.96. The lowest BCUT2D eigenvalue weighted by molar-refractivity contribution is -0.884. The third kappa shape index (κ3) is 5.02. The minimum atomic E-state index is 0. The minimum Gasteiger partial charge on any atom is -1.00 e. The molecule has 0 unspecified atom stereocenters. The van der Waals surface area contributed by atoms with Gasteiger partial charge in [0.15, 0.2) is 5.76 Å². The standard InChI is InChI=1S/C12H22NO.HI/c1-12(2,3)11-8-7-10(14-11)9-13(4,5)6;/h7-8H,9H2,1-6H3;1H/q+1;/p-1. The van der Waals surface area contributed by atoms with Gasteiger partial charge in [0.1, 0.15) is 12.3 Å². The van der Waals surface area contributed by atoms with Crippen LogP contribution >= 0.6 is 0 Å². The van der Waals surface area contributed by atoms with Crippen molar-refractivity contribution in [2.45, 2.75) is 32.7 Å². The maximum Gasteiger partial charge on any atom is 0.158 e. The maximum absolute atomic E-state index is 5.81. The first kappa shape index (κ1) is 15.0. The molecule has 1 heterocycles. The van der Waals surface area contributed by atoms with Crippen LogP contribution in [-0.2, 0) is 12.0 Å². The summed E-state index contributed by atoms with van der Waals surface area (Å²) in [5.74, 6) is 2.14. The first-order valence-corrected chi connectivity index (χ1v) is 5.08. The Labute approximate surface area is 110 Å². The molecule has 3 heteroatoms. The molecule has 15 heavy (non-hydrogen) atoms. The van der Waals surface area contributed by atoms with Gasteiger partial charge in [-0.25, -0.2) is 0 Å². The monoisotopic (exact) mass is 323 g/mol. The molecular weight excluding hydrogens is 301 g/mol. The quantitative estimate of drug-likeness (QED) is 0.542. The number of quaternary nitrogens is 1. The second kappa shape index (κ2) is 4.87. The van der Waals surface area contributed by atoms with Gasteiger partial charge in [-0.15, -0.1) is 0 Å². The Balaban J connectivity index is 0.00000196. The molecule has 0 aliphatic rings. The molecule has 0 bridgehead atoms. The number of hydrogen-bond donors (Lipinski definition) is 0. The molecule has 1 aromatic rings. The molecule has 1 aromatic heterocycles. The fraction of sp³-hybridized carbons (Fsp3) is 0.667. The van der Waals surface area contributed by atoms with E-state index in [0.29, 0.717) is 0 Å². The van der Waals surface area contributed by atoms with Crippen molar-refractivity contribution >= 4 is 0 Å². The van der Waals surface area contributed by atoms with E-state index in [1.165, 1.54) is 0 Å². The zero-order chi connectivity index (χ0) is 11.0. The molecular formula is C12H22INO. The summed E-state index contributed by atoms with van der Waals surface area (Å²) in [6.07, 6.45) is 0. The minimum absolute atomic E-state index is 0. The summed E-state index contributed by atoms with van der Waals surface area (Å²) in [7, 11) is 6.50. The molecule has 0 aliphatic heterocycles. The number of hydrogen-bond acceptors (Lipinski definition) is 1. The summed E-state index contributed by atoms with van der Waals surface area (Å²) in [4.78, 5) is 0. The Morgan fingerprint density at radius 1 is 1.13 bits per heavy atom. The first-order valence-electron chi connectivity index (χ1n) is 5.08. The van der Waals surface area contributed by atoms with Crippen molar-refractivity contribution in [2.75, 3.05) is 21.1 Å². The van der Waals surface area contributed by atoms with E-state index in [-0.39, 0.29) is 29.4 Å². The topological polar surface area (TPSA) is 13.1 Å². The van der Waals surface area contributed by atoms with Crippen molar-refractivity contribution in [3.05, 3.63) is 23.7 Å². The summed E-state index contributed by atoms with van der Waals surface area (Å²) in [6, 6.07) is 4.18. The second-order valence-corrected chi connectivity index (χ2v) is 5.96. The fourth-order valence-electron chi connectivity index (χ4n) is 1.33. The van der Waals surface area contributed by atoms with E-state index in [9.17, 15) is 0 Å². The van der Waals surface area contributed by atoms with Crippen LogP contribution in [0.15, 0.2) is 16.5 Å². The molecule has 0 saturated carbocycles. The Morgan fingerprint density at radius 3 is 2.00 bits per heavy atom. The highest BCUT2D eigenvalue weighted by Gasteiger charge is 2.20. The average molecular weight is 323 g/mol. The number of rotatable bonds is 2. The number of nitrogens with zero attached hydrogens (tertiary/aromatic N) is 1. The normalized spacial score (nSPS) is 12.4. The van der Waals surface area contributed by atoms with Gasteiger partial charge in [0, 0.05) is 5.41 Å². The van der Waals surface area contributed by atoms with Crippen LogP contribution in [0.3, 0.4) is 0 Å². The zero-order valence-corrected chi connectivity index (χ0v) is 12.8. The van der Waals surface area contributed by atoms with Gasteiger partial charge in [0.05, 0.1) is 21.1 Å². The van der Waals surface area contributed by atoms with E-state index in [1.807, 2.05) is 0 Å². The predicted molar refractivity (Wildman–Crippen MR) is 59.1 cm³/mol. The van der Waals surface area contributed by atoms with Gasteiger partial charge in [-0.05, 0) is 12.1 Å². The van der Waals surface area contributed by atoms with E-state index in [1.54, 1.807) is 0 Å². The molecule has 0 amide bonds. The molecule has 0 aliphatic carbocycles. The highest BCUT2D eigenvalue weighted by Crippen LogP contribution is 2.24. The van der Waals surface area contributed by atoms with Crippen LogP contribution in [0.5, 0.6) is 0 Å². The van der Waals surface area contributed by atoms with Gasteiger partial charge in [-0.3, -0.25) is 0 Å². The van der Waals surface area contributed by atoms with Crippen LogP contribution in [-0.4, -0.2) is 25.6 Å². The van der Waals surface area contributed by atoms with Crippen LogP contribution in [0.2, 0.25) is 0 Å². The fourth-order valence-corrected chi connectivity index (χ4v) is 1.33. The Hall–Kier alpha value is -0.0300. The number of halogens is 1. The van der Waals surface area contributed by atoms with E-state index in [2.05, 4.69) is 54.0 Å². The molecule has 1 rings (SSSR count). The van der Waals surface area contributed by atoms with Crippen LogP contribution in [0, 0.1) is 0 Å². The van der Waals surface area contributed by atoms with Gasteiger partial charge in [-0.2, -0.15) is 0 Å². The number of furan rings is 1. The van der Waals surface area contributed by atoms with Crippen LogP contribution in [0.1, 0.15) is 32.3 Å². The molecule has 0 saturated heterocycles. The van der Waals surface area contributed by atoms with Crippen LogP contribution in [0.25, 0.3) is 0 Å². The SMILES string of the molecule is CC(C)(C)c1ccc(C[N+](C)(C)C)o1.[I-]. The third-order valence-electron chi connectivity index (χ3n) is 2.03. The van der Waals surface area contributed by atoms with Gasteiger partial charge in [0.2, 0.25) is 0 Å². The molecule has 0 radical (unpaired) electrons. The Bertz CT molecular complexity index is 304. The van der Waals surface area contributed by atoms with Gasteiger partial charge < -0.3 is 32.9 Å². The third-order valence-corrected chi connectivity index (χ3v) is 2.03. The highest BCUT2D eigenvalue weighted by molar-refractivity contribution is 5.13. The summed E-state index contributed by atoms with van der Waals surface area (Å²) >= 11 is 0. The van der Waals surface area contributed by atoms with Crippen LogP contribution < -0.4 is 24.0 Å². The summed E-state index contributed by atoms with van der Waals surface area (Å²) in [5.41, 5.74) is 0.114. The zero-order valence-electron chi connectivity index (χ0n) is 10.6. The van der Waals surface area contributed by atoms with Gasteiger partial charge in [-0.1, -0.05) is 20.8 Å². The van der Waals surface area contributed by atoms with Gasteiger partial charge in [0.25, 0.3) is 0 Å². The van der Waals surface area contributed by atoms with Gasteiger partial charge >= 0.3 is 0 Å². The largest absolute Gasteiger partial charge is 1.00 e. The lowest BCUT2D eigenvalue weighted by Gasteiger charge is -2.22. The maximum atomic E-state index is 5.81. The molecule has 0 spiro atoms. The van der Waals surface area contributed by atoms with Crippen molar-refractivity contribution in [1.29, 1.82) is 0 Å². The summed E-state index contributed by atoms with van der Waals surface area (Å²) in [5, 5.41) is 0. The summed E-state index contributed by atoms with van der Waals surface area (Å²) < 4.78 is 6.71. The highest BCUT2D eigenvalue weighted by atomic mass is 127. The smallest absolute Gasteiger partial charge is 0.158 e. The van der Waals surface area contributed by atoms with Crippen molar-refractivity contribution in [3.63, 3.8) is 0 Å². The van der Waals surface area contributed by atoms with Crippen molar-refractivity contribution in [1.82, 2.24) is 0 Å². The summed E-state index contributed by atoms with van der Waals surface area (Å²) in [6.45, 7) is 7.45. The Kier molecular flexibility index (Phi) is 4.86. The van der Waals surface area contributed by atoms with E-state index < -0.39 is 0 Å².